The highest BCUT2D eigenvalue weighted by Crippen LogP contribution is 2.13. The van der Waals surface area contributed by atoms with E-state index in [9.17, 15) is 4.39 Å². The molecule has 0 aliphatic rings. The molecule has 2 rings (SSSR count). The van der Waals surface area contributed by atoms with Crippen molar-refractivity contribution in [3.63, 3.8) is 0 Å². The average molecular weight is 384 g/mol. The Balaban J connectivity index is 1.92. The molecule has 0 aliphatic heterocycles. The lowest BCUT2D eigenvalue weighted by atomic mass is 10.1. The number of hydrazine groups is 1. The molecule has 2 aromatic carbocycles. The molecule has 150 valence electrons. The molecular weight excluding hydrogens is 353 g/mol. The Kier molecular flexibility index (Phi) is 8.65. The number of benzene rings is 2. The molecular formula is C22H30FN5. The summed E-state index contributed by atoms with van der Waals surface area (Å²) >= 11 is 0. The number of nitrogens with two attached hydrogens (primary N) is 1. The van der Waals surface area contributed by atoms with Crippen molar-refractivity contribution in [3.05, 3.63) is 77.8 Å². The van der Waals surface area contributed by atoms with E-state index in [0.717, 1.165) is 56.6 Å². The molecule has 4 N–H and O–H groups in total. The maximum absolute atomic E-state index is 13.8. The number of aryl methyl sites for hydroxylation is 1. The van der Waals surface area contributed by atoms with Gasteiger partial charge in [0.05, 0.1) is 5.69 Å². The van der Waals surface area contributed by atoms with E-state index in [1.165, 1.54) is 10.6 Å². The van der Waals surface area contributed by atoms with Crippen molar-refractivity contribution in [1.82, 2.24) is 10.2 Å². The van der Waals surface area contributed by atoms with Crippen LogP contribution in [-0.2, 0) is 12.8 Å². The maximum Gasteiger partial charge on any atom is 0.126 e. The third-order valence-electron chi connectivity index (χ3n) is 4.76. The monoisotopic (exact) mass is 383 g/mol. The molecule has 0 aromatic heterocycles. The summed E-state index contributed by atoms with van der Waals surface area (Å²) in [6, 6.07) is 13.4. The molecule has 5 nitrogen and oxygen atoms in total. The highest BCUT2D eigenvalue weighted by molar-refractivity contribution is 5.75. The molecule has 0 unspecified atom stereocenters. The third kappa shape index (κ3) is 6.79. The van der Waals surface area contributed by atoms with Crippen LogP contribution in [0, 0.1) is 18.2 Å². The van der Waals surface area contributed by atoms with Crippen LogP contribution < -0.4 is 16.2 Å². The van der Waals surface area contributed by atoms with Crippen LogP contribution in [0.2, 0.25) is 0 Å². The van der Waals surface area contributed by atoms with Gasteiger partial charge < -0.3 is 10.2 Å². The smallest absolute Gasteiger partial charge is 0.126 e. The summed E-state index contributed by atoms with van der Waals surface area (Å²) in [6.45, 7) is 8.96. The van der Waals surface area contributed by atoms with E-state index >= 15 is 0 Å². The number of halogens is 1. The maximum atomic E-state index is 13.8. The second-order valence-corrected chi connectivity index (χ2v) is 6.79. The number of nitrogens with zero attached hydrogens (tertiary/aromatic N) is 2. The number of nitrogens with one attached hydrogen (secondary N) is 2. The minimum atomic E-state index is -0.142. The molecule has 6 heteroatoms. The zero-order valence-corrected chi connectivity index (χ0v) is 16.5. The van der Waals surface area contributed by atoms with Gasteiger partial charge in [-0.2, -0.15) is 0 Å². The molecule has 0 heterocycles. The van der Waals surface area contributed by atoms with E-state index in [0.29, 0.717) is 5.56 Å². The van der Waals surface area contributed by atoms with Gasteiger partial charge in [-0.1, -0.05) is 30.8 Å². The van der Waals surface area contributed by atoms with Crippen LogP contribution in [0.1, 0.15) is 16.7 Å². The minimum absolute atomic E-state index is 0.142. The van der Waals surface area contributed by atoms with Crippen molar-refractivity contribution in [2.24, 2.45) is 5.84 Å². The molecule has 0 fully saturated rings. The first kappa shape index (κ1) is 21.6. The molecule has 0 radical (unpaired) electrons. The van der Waals surface area contributed by atoms with Crippen LogP contribution in [0.3, 0.4) is 0 Å². The third-order valence-corrected chi connectivity index (χ3v) is 4.76. The SMILES string of the molecule is C=CNCCN(CCc1ccc(N(N)C=N)cc1)CCc1ccc(C)c(F)c1. The number of anilines is 1. The second kappa shape index (κ2) is 11.2. The normalized spacial score (nSPS) is 10.7. The molecule has 0 aliphatic carbocycles. The summed E-state index contributed by atoms with van der Waals surface area (Å²) in [7, 11) is 0. The zero-order valence-electron chi connectivity index (χ0n) is 16.5. The first-order valence-corrected chi connectivity index (χ1v) is 9.48. The molecule has 28 heavy (non-hydrogen) atoms. The van der Waals surface area contributed by atoms with Crippen molar-refractivity contribution >= 4 is 12.0 Å². The van der Waals surface area contributed by atoms with E-state index in [1.54, 1.807) is 19.2 Å². The lowest BCUT2D eigenvalue weighted by Gasteiger charge is -2.23. The largest absolute Gasteiger partial charge is 0.390 e. The molecule has 0 saturated heterocycles. The summed E-state index contributed by atoms with van der Waals surface area (Å²) in [5.74, 6) is 5.55. The van der Waals surface area contributed by atoms with Gasteiger partial charge in [0.1, 0.15) is 12.2 Å². The van der Waals surface area contributed by atoms with Crippen molar-refractivity contribution < 1.29 is 4.39 Å². The van der Waals surface area contributed by atoms with Gasteiger partial charge in [-0.05, 0) is 60.9 Å². The highest BCUT2D eigenvalue weighted by Gasteiger charge is 2.07. The van der Waals surface area contributed by atoms with Gasteiger partial charge >= 0.3 is 0 Å². The van der Waals surface area contributed by atoms with E-state index in [2.05, 4.69) is 16.8 Å². The zero-order chi connectivity index (χ0) is 20.4. The quantitative estimate of drug-likeness (QED) is 0.173. The molecule has 0 atom stereocenters. The Hall–Kier alpha value is -2.70. The van der Waals surface area contributed by atoms with Crippen LogP contribution in [0.4, 0.5) is 10.1 Å². The number of hydrogen-bond acceptors (Lipinski definition) is 4. The molecule has 0 amide bonds. The molecule has 0 saturated carbocycles. The summed E-state index contributed by atoms with van der Waals surface area (Å²) in [6.07, 6.45) is 4.50. The Morgan fingerprint density at radius 2 is 1.71 bits per heavy atom. The standard InChI is InChI=1S/C22H30FN5/c1-3-26-12-15-27(14-11-20-5-4-18(2)22(23)16-20)13-10-19-6-8-21(9-7-19)28(25)17-24/h3-9,16-17,24,26H,1,10-15,25H2,2H3. The predicted octanol–water partition coefficient (Wildman–Crippen LogP) is 3.24. The fourth-order valence-corrected chi connectivity index (χ4v) is 2.94. The predicted molar refractivity (Wildman–Crippen MR) is 115 cm³/mol. The summed E-state index contributed by atoms with van der Waals surface area (Å²) in [4.78, 5) is 2.37. The van der Waals surface area contributed by atoms with Gasteiger partial charge in [-0.15, -0.1) is 0 Å². The van der Waals surface area contributed by atoms with E-state index in [-0.39, 0.29) is 5.82 Å². The molecule has 2 aromatic rings. The van der Waals surface area contributed by atoms with Gasteiger partial charge in [0.25, 0.3) is 0 Å². The molecule has 0 spiro atoms. The van der Waals surface area contributed by atoms with Gasteiger partial charge in [0, 0.05) is 26.2 Å². The topological polar surface area (TPSA) is 68.4 Å². The van der Waals surface area contributed by atoms with Gasteiger partial charge in [-0.25, -0.2) is 10.2 Å². The van der Waals surface area contributed by atoms with Crippen LogP contribution >= 0.6 is 0 Å². The first-order valence-electron chi connectivity index (χ1n) is 9.48. The summed E-state index contributed by atoms with van der Waals surface area (Å²) in [5.41, 5.74) is 3.69. The van der Waals surface area contributed by atoms with Crippen molar-refractivity contribution in [2.75, 3.05) is 31.2 Å². The lowest BCUT2D eigenvalue weighted by Crippen LogP contribution is -2.34. The lowest BCUT2D eigenvalue weighted by molar-refractivity contribution is 0.283. The van der Waals surface area contributed by atoms with E-state index in [1.807, 2.05) is 36.4 Å². The van der Waals surface area contributed by atoms with E-state index in [4.69, 9.17) is 11.3 Å². The Morgan fingerprint density at radius 3 is 2.32 bits per heavy atom. The number of rotatable bonds is 12. The fraction of sp³-hybridized carbons (Fsp3) is 0.318. The Bertz CT molecular complexity index is 760. The minimum Gasteiger partial charge on any atom is -0.390 e. The average Bonchev–Trinajstić information content (AvgIpc) is 2.72. The molecule has 0 bridgehead atoms. The highest BCUT2D eigenvalue weighted by atomic mass is 19.1. The van der Waals surface area contributed by atoms with Crippen LogP contribution in [0.5, 0.6) is 0 Å². The van der Waals surface area contributed by atoms with Gasteiger partial charge in [0.2, 0.25) is 0 Å². The Morgan fingerprint density at radius 1 is 1.07 bits per heavy atom. The van der Waals surface area contributed by atoms with Crippen LogP contribution in [0.15, 0.2) is 55.2 Å². The number of hydrogen-bond donors (Lipinski definition) is 3. The van der Waals surface area contributed by atoms with E-state index < -0.39 is 0 Å². The second-order valence-electron chi connectivity index (χ2n) is 6.79. The summed E-state index contributed by atoms with van der Waals surface area (Å²) < 4.78 is 13.8. The van der Waals surface area contributed by atoms with Crippen LogP contribution in [0.25, 0.3) is 0 Å². The van der Waals surface area contributed by atoms with Crippen molar-refractivity contribution in [2.45, 2.75) is 19.8 Å². The van der Waals surface area contributed by atoms with Crippen molar-refractivity contribution in [3.8, 4) is 0 Å². The van der Waals surface area contributed by atoms with Gasteiger partial charge in [-0.3, -0.25) is 10.4 Å². The van der Waals surface area contributed by atoms with Crippen molar-refractivity contribution in [1.29, 1.82) is 5.41 Å². The fourth-order valence-electron chi connectivity index (χ4n) is 2.94. The Labute approximate surface area is 167 Å². The van der Waals surface area contributed by atoms with Crippen LogP contribution in [-0.4, -0.2) is 37.4 Å². The first-order chi connectivity index (χ1) is 13.5. The van der Waals surface area contributed by atoms with Gasteiger partial charge in [0.15, 0.2) is 0 Å². The summed E-state index contributed by atoms with van der Waals surface area (Å²) in [5, 5.41) is 11.6.